The van der Waals surface area contributed by atoms with Crippen molar-refractivity contribution in [3.63, 3.8) is 0 Å². The minimum atomic E-state index is -4.38. The molecule has 6 heteroatoms. The number of halogens is 3. The van der Waals surface area contributed by atoms with Gasteiger partial charge >= 0.3 is 6.18 Å². The van der Waals surface area contributed by atoms with Crippen LogP contribution in [0.3, 0.4) is 0 Å². The number of benzene rings is 1. The second kappa shape index (κ2) is 5.40. The van der Waals surface area contributed by atoms with Crippen molar-refractivity contribution in [2.24, 2.45) is 0 Å². The molecule has 0 atom stereocenters. The van der Waals surface area contributed by atoms with Crippen molar-refractivity contribution < 1.29 is 22.4 Å². The van der Waals surface area contributed by atoms with Crippen LogP contribution in [0.15, 0.2) is 47.3 Å². The Morgan fingerprint density at radius 1 is 1.20 bits per heavy atom. The summed E-state index contributed by atoms with van der Waals surface area (Å²) in [5, 5.41) is 0. The quantitative estimate of drug-likeness (QED) is 0.854. The van der Waals surface area contributed by atoms with Gasteiger partial charge in [0.05, 0.1) is 17.4 Å². The van der Waals surface area contributed by atoms with Gasteiger partial charge in [-0.2, -0.15) is 13.2 Å². The first-order valence-corrected chi connectivity index (χ1v) is 5.95. The molecular weight excluding hydrogens is 271 g/mol. The number of hydrogen-bond acceptors (Lipinski definition) is 2. The summed E-state index contributed by atoms with van der Waals surface area (Å²) in [6, 6.07) is 5.99. The van der Waals surface area contributed by atoms with Gasteiger partial charge in [0.25, 0.3) is 5.91 Å². The van der Waals surface area contributed by atoms with Gasteiger partial charge in [0, 0.05) is 12.2 Å². The standard InChI is InChI=1S/C14H12F3NO2/c1-2-18(13(19)10-7-8-20-9-10)12-5-3-11(4-6-12)14(15,16)17/h3-9H,2H2,1H3. The number of furan rings is 1. The molecule has 0 aliphatic rings. The molecule has 106 valence electrons. The molecule has 0 fully saturated rings. The lowest BCUT2D eigenvalue weighted by molar-refractivity contribution is -0.137. The zero-order chi connectivity index (χ0) is 14.8. The Balaban J connectivity index is 2.26. The van der Waals surface area contributed by atoms with E-state index in [0.717, 1.165) is 12.1 Å². The van der Waals surface area contributed by atoms with Gasteiger partial charge in [-0.3, -0.25) is 4.79 Å². The molecule has 3 nitrogen and oxygen atoms in total. The van der Waals surface area contributed by atoms with Crippen LogP contribution in [0, 0.1) is 0 Å². The number of alkyl halides is 3. The summed E-state index contributed by atoms with van der Waals surface area (Å²) in [7, 11) is 0. The molecule has 1 amide bonds. The van der Waals surface area contributed by atoms with E-state index in [0.29, 0.717) is 17.8 Å². The minimum Gasteiger partial charge on any atom is -0.472 e. The molecule has 0 N–H and O–H groups in total. The van der Waals surface area contributed by atoms with Gasteiger partial charge in [0.15, 0.2) is 0 Å². The van der Waals surface area contributed by atoms with Gasteiger partial charge in [0.2, 0.25) is 0 Å². The van der Waals surface area contributed by atoms with E-state index < -0.39 is 11.7 Å². The van der Waals surface area contributed by atoms with Crippen LogP contribution in [0.5, 0.6) is 0 Å². The normalized spacial score (nSPS) is 11.4. The van der Waals surface area contributed by atoms with E-state index in [9.17, 15) is 18.0 Å². The van der Waals surface area contributed by atoms with E-state index in [2.05, 4.69) is 0 Å². The Kier molecular flexibility index (Phi) is 3.83. The highest BCUT2D eigenvalue weighted by molar-refractivity contribution is 6.05. The van der Waals surface area contributed by atoms with Crippen molar-refractivity contribution in [3.8, 4) is 0 Å². The molecular formula is C14H12F3NO2. The number of carbonyl (C=O) groups excluding carboxylic acids is 1. The summed E-state index contributed by atoms with van der Waals surface area (Å²) in [5.41, 5.74) is 0.0199. The number of carbonyl (C=O) groups is 1. The molecule has 0 aliphatic heterocycles. The number of rotatable bonds is 3. The summed E-state index contributed by atoms with van der Waals surface area (Å²) in [6.07, 6.45) is -1.72. The highest BCUT2D eigenvalue weighted by Gasteiger charge is 2.30. The van der Waals surface area contributed by atoms with Gasteiger partial charge < -0.3 is 9.32 Å². The molecule has 0 radical (unpaired) electrons. The van der Waals surface area contributed by atoms with Crippen LogP contribution < -0.4 is 4.90 Å². The molecule has 1 heterocycles. The number of anilines is 1. The first-order valence-electron chi connectivity index (χ1n) is 5.95. The molecule has 0 bridgehead atoms. The number of nitrogens with zero attached hydrogens (tertiary/aromatic N) is 1. The first kappa shape index (κ1) is 14.2. The van der Waals surface area contributed by atoms with E-state index in [4.69, 9.17) is 4.42 Å². The third-order valence-corrected chi connectivity index (χ3v) is 2.84. The maximum atomic E-state index is 12.5. The topological polar surface area (TPSA) is 33.5 Å². The van der Waals surface area contributed by atoms with Crippen molar-refractivity contribution in [2.75, 3.05) is 11.4 Å². The summed E-state index contributed by atoms with van der Waals surface area (Å²) in [4.78, 5) is 13.5. The Bertz CT molecular complexity index is 573. The van der Waals surface area contributed by atoms with E-state index in [-0.39, 0.29) is 5.91 Å². The van der Waals surface area contributed by atoms with Gasteiger partial charge in [-0.25, -0.2) is 0 Å². The van der Waals surface area contributed by atoms with Crippen LogP contribution in [0.4, 0.5) is 18.9 Å². The molecule has 0 saturated heterocycles. The lowest BCUT2D eigenvalue weighted by atomic mass is 10.1. The van der Waals surface area contributed by atoms with Crippen molar-refractivity contribution in [1.82, 2.24) is 0 Å². The lowest BCUT2D eigenvalue weighted by Crippen LogP contribution is -2.30. The van der Waals surface area contributed by atoms with Crippen molar-refractivity contribution in [3.05, 3.63) is 54.0 Å². The average molecular weight is 283 g/mol. The zero-order valence-electron chi connectivity index (χ0n) is 10.6. The highest BCUT2D eigenvalue weighted by atomic mass is 19.4. The smallest absolute Gasteiger partial charge is 0.416 e. The fourth-order valence-corrected chi connectivity index (χ4v) is 1.82. The maximum absolute atomic E-state index is 12.5. The Morgan fingerprint density at radius 3 is 2.30 bits per heavy atom. The summed E-state index contributed by atoms with van der Waals surface area (Å²) in [5.74, 6) is -0.319. The second-order valence-electron chi connectivity index (χ2n) is 4.11. The molecule has 0 saturated carbocycles. The van der Waals surface area contributed by atoms with Crippen molar-refractivity contribution >= 4 is 11.6 Å². The van der Waals surface area contributed by atoms with E-state index in [1.165, 1.54) is 35.6 Å². The Morgan fingerprint density at radius 2 is 1.85 bits per heavy atom. The third kappa shape index (κ3) is 2.84. The Hall–Kier alpha value is -2.24. The van der Waals surface area contributed by atoms with E-state index in [1.807, 2.05) is 0 Å². The molecule has 0 unspecified atom stereocenters. The number of hydrogen-bond donors (Lipinski definition) is 0. The van der Waals surface area contributed by atoms with Gasteiger partial charge in [-0.1, -0.05) is 0 Å². The fraction of sp³-hybridized carbons (Fsp3) is 0.214. The molecule has 2 rings (SSSR count). The van der Waals surface area contributed by atoms with Gasteiger partial charge in [-0.15, -0.1) is 0 Å². The second-order valence-corrected chi connectivity index (χ2v) is 4.11. The molecule has 0 aliphatic carbocycles. The predicted octanol–water partition coefficient (Wildman–Crippen LogP) is 3.97. The van der Waals surface area contributed by atoms with E-state index >= 15 is 0 Å². The van der Waals surface area contributed by atoms with Crippen LogP contribution in [-0.4, -0.2) is 12.5 Å². The van der Waals surface area contributed by atoms with Crippen LogP contribution in [-0.2, 0) is 6.18 Å². The third-order valence-electron chi connectivity index (χ3n) is 2.84. The molecule has 2 aromatic rings. The first-order chi connectivity index (χ1) is 9.43. The largest absolute Gasteiger partial charge is 0.472 e. The average Bonchev–Trinajstić information content (AvgIpc) is 2.93. The van der Waals surface area contributed by atoms with Crippen molar-refractivity contribution in [1.29, 1.82) is 0 Å². The van der Waals surface area contributed by atoms with Crippen LogP contribution in [0.2, 0.25) is 0 Å². The SMILES string of the molecule is CCN(C(=O)c1ccoc1)c1ccc(C(F)(F)F)cc1. The van der Waals surface area contributed by atoms with Gasteiger partial charge in [0.1, 0.15) is 6.26 Å². The van der Waals surface area contributed by atoms with Crippen LogP contribution >= 0.6 is 0 Å². The molecule has 1 aromatic carbocycles. The Labute approximate surface area is 113 Å². The highest BCUT2D eigenvalue weighted by Crippen LogP contribution is 2.30. The molecule has 20 heavy (non-hydrogen) atoms. The van der Waals surface area contributed by atoms with Crippen molar-refractivity contribution in [2.45, 2.75) is 13.1 Å². The molecule has 1 aromatic heterocycles. The number of amides is 1. The van der Waals surface area contributed by atoms with Crippen LogP contribution in [0.25, 0.3) is 0 Å². The summed E-state index contributed by atoms with van der Waals surface area (Å²) in [6.45, 7) is 2.09. The zero-order valence-corrected chi connectivity index (χ0v) is 10.6. The monoisotopic (exact) mass is 283 g/mol. The summed E-state index contributed by atoms with van der Waals surface area (Å²) < 4.78 is 42.3. The van der Waals surface area contributed by atoms with E-state index in [1.54, 1.807) is 6.92 Å². The predicted molar refractivity (Wildman–Crippen MR) is 67.5 cm³/mol. The minimum absolute atomic E-state index is 0.319. The van der Waals surface area contributed by atoms with Crippen LogP contribution in [0.1, 0.15) is 22.8 Å². The molecule has 0 spiro atoms. The maximum Gasteiger partial charge on any atom is 0.416 e. The lowest BCUT2D eigenvalue weighted by Gasteiger charge is -2.20. The fourth-order valence-electron chi connectivity index (χ4n) is 1.82. The van der Waals surface area contributed by atoms with Gasteiger partial charge in [-0.05, 0) is 37.3 Å². The summed E-state index contributed by atoms with van der Waals surface area (Å²) >= 11 is 0.